The van der Waals surface area contributed by atoms with Crippen LogP contribution in [0.2, 0.25) is 5.02 Å². The van der Waals surface area contributed by atoms with E-state index in [1.165, 1.54) is 91.7 Å². The zero-order chi connectivity index (χ0) is 66.2. The summed E-state index contributed by atoms with van der Waals surface area (Å²) in [5, 5.41) is 10.8. The summed E-state index contributed by atoms with van der Waals surface area (Å²) < 4.78 is 5.36. The van der Waals surface area contributed by atoms with Crippen LogP contribution in [0.4, 0.5) is 11.4 Å². The fourth-order valence-corrected chi connectivity index (χ4v) is 9.01. The average Bonchev–Trinajstić information content (AvgIpc) is 4.32. The first kappa shape index (κ1) is 76.8. The molecule has 0 N–H and O–H groups in total. The molecule has 0 bridgehead atoms. The number of para-hydroxylation sites is 3. The predicted octanol–water partition coefficient (Wildman–Crippen LogP) is 23.4. The molecule has 1 aliphatic carbocycles. The molecule has 2 fully saturated rings. The third kappa shape index (κ3) is 40.3. The van der Waals surface area contributed by atoms with Gasteiger partial charge in [0.1, 0.15) is 5.75 Å². The quantitative estimate of drug-likeness (QED) is 0.117. The van der Waals surface area contributed by atoms with Gasteiger partial charge in [-0.25, -0.2) is 0 Å². The minimum atomic E-state index is -0.417. The maximum atomic E-state index is 10.0. The molecule has 0 radical (unpaired) electrons. The van der Waals surface area contributed by atoms with Crippen LogP contribution in [0.15, 0.2) is 328 Å². The molecule has 11 aromatic rings. The van der Waals surface area contributed by atoms with E-state index >= 15 is 0 Å². The van der Waals surface area contributed by atoms with Crippen molar-refractivity contribution in [1.82, 2.24) is 9.97 Å². The second-order valence-electron chi connectivity index (χ2n) is 21.7. The normalized spacial score (nSPS) is 12.6. The molecule has 9 aromatic carbocycles. The van der Waals surface area contributed by atoms with E-state index in [-0.39, 0.29) is 5.69 Å². The molecule has 2 aromatic heterocycles. The molecule has 0 amide bonds. The largest absolute Gasteiger partial charge is 0.494 e. The third-order valence-corrected chi connectivity index (χ3v) is 14.2. The lowest BCUT2D eigenvalue weighted by atomic mass is 9.76. The Hall–Kier alpha value is -9.43. The Kier molecular flexibility index (Phi) is 43.7. The maximum absolute atomic E-state index is 10.0. The van der Waals surface area contributed by atoms with E-state index in [9.17, 15) is 10.1 Å². The van der Waals surface area contributed by atoms with Crippen LogP contribution in [-0.4, -0.2) is 34.6 Å². The maximum Gasteiger partial charge on any atom is 0.269 e. The Labute approximate surface area is 558 Å². The number of hydrogen-bond donors (Lipinski definition) is 0. The van der Waals surface area contributed by atoms with E-state index in [1.807, 2.05) is 177 Å². The zero-order valence-corrected chi connectivity index (χ0v) is 56.3. The van der Waals surface area contributed by atoms with Gasteiger partial charge >= 0.3 is 0 Å². The first-order chi connectivity index (χ1) is 45.0. The average molecular weight is 1250 g/mol. The standard InChI is InChI=1S/C13H18.C10H13N.C9H12O.C9H12.2C7H8.C6H5Cl.C6H5NO2.C6H7N.C6H6.C5H5N/c1-11-7-5-6-10-13(11)12-8-3-2-4-9-12;1-2-6-10(7-3-1)11-8-4-5-9-11;1-2-8-10-9-6-4-3-5-7-9;1-3-9-6-4-8(2)5-7-9;2*1-7-5-3-2-4-6-7;7-6-4-2-1-3-5-6;8-7(9)6-4-2-1-3-5-6;1-6-4-2-3-5-7-6;2*1-2-4-6-5-3-1/h2-4,8-9,11,13H,5-7,10H2,1H3;1-3,6-7H,4-5,8-9H2;3-7H,2,8H2,1H3;4-7H,3H2,1-2H3;2*2-6H,1H3;1-5H;1-5H;2-5H,1H3;1-6H;1-5H. The minimum Gasteiger partial charge on any atom is -0.494 e. The summed E-state index contributed by atoms with van der Waals surface area (Å²) in [5.41, 5.74) is 9.54. The number of non-ortho nitro benzene ring substituents is 1. The molecule has 8 heteroatoms. The van der Waals surface area contributed by atoms with E-state index in [4.69, 9.17) is 16.3 Å². The van der Waals surface area contributed by atoms with E-state index in [0.717, 1.165) is 47.8 Å². The van der Waals surface area contributed by atoms with Crippen molar-refractivity contribution in [2.45, 2.75) is 106 Å². The van der Waals surface area contributed by atoms with Crippen molar-refractivity contribution in [2.24, 2.45) is 5.92 Å². The van der Waals surface area contributed by atoms with Crippen LogP contribution < -0.4 is 9.64 Å². The molecular weight excluding hydrogens is 1150 g/mol. The van der Waals surface area contributed by atoms with Crippen LogP contribution in [0.1, 0.15) is 105 Å². The number of halogens is 1. The predicted molar refractivity (Wildman–Crippen MR) is 394 cm³/mol. The number of anilines is 1. The third-order valence-electron chi connectivity index (χ3n) is 13.9. The van der Waals surface area contributed by atoms with E-state index in [0.29, 0.717) is 0 Å². The summed E-state index contributed by atoms with van der Waals surface area (Å²) in [6, 6.07) is 102. The topological polar surface area (TPSA) is 81.4 Å². The first-order valence-electron chi connectivity index (χ1n) is 32.2. The molecule has 1 saturated carbocycles. The zero-order valence-electron chi connectivity index (χ0n) is 55.5. The van der Waals surface area contributed by atoms with Gasteiger partial charge in [-0.3, -0.25) is 20.1 Å². The highest BCUT2D eigenvalue weighted by atomic mass is 35.5. The summed E-state index contributed by atoms with van der Waals surface area (Å²) in [6.07, 6.45) is 15.9. The molecule has 2 atom stereocenters. The smallest absolute Gasteiger partial charge is 0.269 e. The molecule has 92 heavy (non-hydrogen) atoms. The highest BCUT2D eigenvalue weighted by Crippen LogP contribution is 2.37. The number of pyridine rings is 2. The Bertz CT molecular complexity index is 3100. The Morgan fingerprint density at radius 2 is 0.870 bits per heavy atom. The molecule has 1 saturated heterocycles. The first-order valence-corrected chi connectivity index (χ1v) is 32.6. The van der Waals surface area contributed by atoms with E-state index in [1.54, 1.807) is 42.4 Å². The Morgan fingerprint density at radius 1 is 0.467 bits per heavy atom. The van der Waals surface area contributed by atoms with Crippen LogP contribution in [0.25, 0.3) is 0 Å². The Morgan fingerprint density at radius 3 is 1.22 bits per heavy atom. The number of nitro benzene ring substituents is 1. The fourth-order valence-electron chi connectivity index (χ4n) is 8.87. The minimum absolute atomic E-state index is 0.137. The molecule has 7 nitrogen and oxygen atoms in total. The highest BCUT2D eigenvalue weighted by molar-refractivity contribution is 6.30. The van der Waals surface area contributed by atoms with Crippen molar-refractivity contribution in [2.75, 3.05) is 24.6 Å². The molecule has 480 valence electrons. The number of aryl methyl sites for hydroxylation is 5. The van der Waals surface area contributed by atoms with Crippen molar-refractivity contribution in [3.8, 4) is 5.75 Å². The second-order valence-corrected chi connectivity index (χ2v) is 22.1. The van der Waals surface area contributed by atoms with Crippen molar-refractivity contribution in [3.05, 3.63) is 377 Å². The lowest BCUT2D eigenvalue weighted by molar-refractivity contribution is -0.384. The van der Waals surface area contributed by atoms with Crippen LogP contribution in [0.5, 0.6) is 5.75 Å². The molecule has 0 spiro atoms. The van der Waals surface area contributed by atoms with Gasteiger partial charge in [0.15, 0.2) is 0 Å². The van der Waals surface area contributed by atoms with Gasteiger partial charge in [-0.15, -0.1) is 0 Å². The summed E-state index contributed by atoms with van der Waals surface area (Å²) in [5.74, 6) is 2.68. The fraction of sp³-hybridized carbons (Fsp3) is 0.238. The van der Waals surface area contributed by atoms with Gasteiger partial charge in [0.2, 0.25) is 0 Å². The Balaban J connectivity index is 0.000000266. The summed E-state index contributed by atoms with van der Waals surface area (Å²) >= 11 is 5.54. The number of rotatable bonds is 7. The van der Waals surface area contributed by atoms with Gasteiger partial charge in [-0.2, -0.15) is 0 Å². The number of nitro groups is 1. The van der Waals surface area contributed by atoms with Gasteiger partial charge in [0, 0.05) is 60.2 Å². The molecular formula is C84H99ClN4O3. The van der Waals surface area contributed by atoms with Crippen LogP contribution in [0.3, 0.4) is 0 Å². The number of aromatic nitrogens is 2. The van der Waals surface area contributed by atoms with Crippen LogP contribution in [-0.2, 0) is 6.42 Å². The SMILES string of the molecule is CC1CCCCC1c1ccccc1.CCCOc1ccccc1.CCc1ccc(C)cc1.Cc1ccccc1.Cc1ccccc1.Cc1ccccn1.Clc1ccccc1.O=[N+]([O-])c1ccccc1.c1ccc(N2CCCC2)cc1.c1ccccc1.c1ccncc1. The van der Waals surface area contributed by atoms with Gasteiger partial charge in [0.05, 0.1) is 11.5 Å². The van der Waals surface area contributed by atoms with Crippen molar-refractivity contribution < 1.29 is 9.66 Å². The van der Waals surface area contributed by atoms with Crippen LogP contribution >= 0.6 is 11.6 Å². The second kappa shape index (κ2) is 52.4. The molecule has 13 rings (SSSR count). The molecule has 1 aliphatic heterocycles. The van der Waals surface area contributed by atoms with E-state index in [2.05, 4.69) is 166 Å². The van der Waals surface area contributed by atoms with Crippen molar-refractivity contribution in [3.63, 3.8) is 0 Å². The van der Waals surface area contributed by atoms with Crippen molar-refractivity contribution >= 4 is 23.0 Å². The molecule has 2 unspecified atom stereocenters. The lowest BCUT2D eigenvalue weighted by Crippen LogP contribution is -2.16. The van der Waals surface area contributed by atoms with Gasteiger partial charge in [0.25, 0.3) is 5.69 Å². The van der Waals surface area contributed by atoms with Crippen LogP contribution in [0, 0.1) is 43.7 Å². The van der Waals surface area contributed by atoms with E-state index < -0.39 is 4.92 Å². The number of ether oxygens (including phenoxy) is 1. The molecule has 3 heterocycles. The van der Waals surface area contributed by atoms with Gasteiger partial charge < -0.3 is 9.64 Å². The molecule has 2 aliphatic rings. The van der Waals surface area contributed by atoms with Crippen molar-refractivity contribution in [1.29, 1.82) is 0 Å². The summed E-state index contributed by atoms with van der Waals surface area (Å²) in [7, 11) is 0. The summed E-state index contributed by atoms with van der Waals surface area (Å²) in [4.78, 5) is 19.8. The monoisotopic (exact) mass is 1250 g/mol. The number of hydrogen-bond acceptors (Lipinski definition) is 6. The summed E-state index contributed by atoms with van der Waals surface area (Å²) in [6.45, 7) is 18.2. The van der Waals surface area contributed by atoms with Gasteiger partial charge in [-0.05, 0) is 143 Å². The highest BCUT2D eigenvalue weighted by Gasteiger charge is 2.22. The lowest BCUT2D eigenvalue weighted by Gasteiger charge is -2.29. The van der Waals surface area contributed by atoms with Gasteiger partial charge in [-0.1, -0.05) is 305 Å². The number of nitrogens with zero attached hydrogens (tertiary/aromatic N) is 4. The number of benzene rings is 9.